The van der Waals surface area contributed by atoms with Crippen molar-refractivity contribution in [1.29, 1.82) is 0 Å². The third-order valence-electron chi connectivity index (χ3n) is 4.22. The maximum Gasteiger partial charge on any atom is 0.241 e. The highest BCUT2D eigenvalue weighted by atomic mass is 16.2. The topological polar surface area (TPSA) is 85.8 Å². The molecule has 1 amide bonds. The molecule has 1 atom stereocenters. The molecule has 0 bridgehead atoms. The second-order valence-electron chi connectivity index (χ2n) is 6.47. The fourth-order valence-corrected chi connectivity index (χ4v) is 2.73. The van der Waals surface area contributed by atoms with Crippen molar-refractivity contribution in [2.24, 2.45) is 5.73 Å². The van der Waals surface area contributed by atoms with Crippen molar-refractivity contribution in [1.82, 2.24) is 20.1 Å². The Labute approximate surface area is 153 Å². The van der Waals surface area contributed by atoms with Gasteiger partial charge in [-0.2, -0.15) is 5.10 Å². The molecule has 3 aromatic rings. The lowest BCUT2D eigenvalue weighted by Gasteiger charge is -2.13. The van der Waals surface area contributed by atoms with Gasteiger partial charge < -0.3 is 11.1 Å². The number of amides is 1. The predicted octanol–water partition coefficient (Wildman–Crippen LogP) is 2.51. The zero-order chi connectivity index (χ0) is 18.7. The minimum Gasteiger partial charge on any atom is -0.350 e. The summed E-state index contributed by atoms with van der Waals surface area (Å²) in [6.45, 7) is 6.31. The second kappa shape index (κ2) is 7.49. The molecule has 2 heterocycles. The number of benzene rings is 1. The van der Waals surface area contributed by atoms with Gasteiger partial charge in [0.05, 0.1) is 5.69 Å². The normalized spacial score (nSPS) is 12.0. The van der Waals surface area contributed by atoms with Gasteiger partial charge in [0.15, 0.2) is 5.82 Å². The van der Waals surface area contributed by atoms with Crippen LogP contribution in [-0.2, 0) is 11.3 Å². The van der Waals surface area contributed by atoms with E-state index in [0.717, 1.165) is 33.9 Å². The summed E-state index contributed by atoms with van der Waals surface area (Å²) < 4.78 is 1.80. The van der Waals surface area contributed by atoms with Crippen LogP contribution < -0.4 is 11.1 Å². The van der Waals surface area contributed by atoms with E-state index in [9.17, 15) is 4.79 Å². The van der Waals surface area contributed by atoms with Gasteiger partial charge in [-0.25, -0.2) is 9.67 Å². The van der Waals surface area contributed by atoms with Gasteiger partial charge in [0, 0.05) is 18.4 Å². The Morgan fingerprint density at radius 3 is 2.46 bits per heavy atom. The molecule has 0 saturated heterocycles. The average Bonchev–Trinajstić information content (AvgIpc) is 2.98. The first-order chi connectivity index (χ1) is 12.4. The van der Waals surface area contributed by atoms with E-state index in [1.54, 1.807) is 10.9 Å². The van der Waals surface area contributed by atoms with Crippen LogP contribution in [0.15, 0.2) is 48.7 Å². The summed E-state index contributed by atoms with van der Waals surface area (Å²) >= 11 is 0. The van der Waals surface area contributed by atoms with Gasteiger partial charge in [0.25, 0.3) is 0 Å². The SMILES string of the molecule is Cc1ccc(C(N)C(=O)NCc2ccc(-n3nc(C)cc3C)nc2)cc1. The third-order valence-corrected chi connectivity index (χ3v) is 4.22. The summed E-state index contributed by atoms with van der Waals surface area (Å²) in [7, 11) is 0. The van der Waals surface area contributed by atoms with Gasteiger partial charge in [-0.15, -0.1) is 0 Å². The fourth-order valence-electron chi connectivity index (χ4n) is 2.73. The van der Waals surface area contributed by atoms with Crippen LogP contribution >= 0.6 is 0 Å². The molecule has 3 N–H and O–H groups in total. The molecule has 0 spiro atoms. The molecule has 0 radical (unpaired) electrons. The minimum atomic E-state index is -0.683. The average molecular weight is 349 g/mol. The number of hydrogen-bond donors (Lipinski definition) is 2. The zero-order valence-corrected chi connectivity index (χ0v) is 15.2. The fraction of sp³-hybridized carbons (Fsp3) is 0.250. The summed E-state index contributed by atoms with van der Waals surface area (Å²) in [5, 5.41) is 7.28. The molecule has 1 aromatic carbocycles. The van der Waals surface area contributed by atoms with Gasteiger partial charge in [0.1, 0.15) is 6.04 Å². The highest BCUT2D eigenvalue weighted by molar-refractivity contribution is 5.82. The van der Waals surface area contributed by atoms with E-state index in [-0.39, 0.29) is 5.91 Å². The maximum atomic E-state index is 12.3. The van der Waals surface area contributed by atoms with E-state index < -0.39 is 6.04 Å². The number of carbonyl (C=O) groups is 1. The molecule has 2 aromatic heterocycles. The number of carbonyl (C=O) groups excluding carboxylic acids is 1. The quantitative estimate of drug-likeness (QED) is 0.741. The van der Waals surface area contributed by atoms with Gasteiger partial charge >= 0.3 is 0 Å². The molecule has 0 saturated carbocycles. The van der Waals surface area contributed by atoms with Crippen molar-refractivity contribution in [3.8, 4) is 5.82 Å². The van der Waals surface area contributed by atoms with E-state index in [4.69, 9.17) is 5.73 Å². The number of aromatic nitrogens is 3. The lowest BCUT2D eigenvalue weighted by atomic mass is 10.1. The van der Waals surface area contributed by atoms with E-state index in [0.29, 0.717) is 6.54 Å². The van der Waals surface area contributed by atoms with E-state index in [2.05, 4.69) is 15.4 Å². The summed E-state index contributed by atoms with van der Waals surface area (Å²) in [5.74, 6) is 0.540. The summed E-state index contributed by atoms with van der Waals surface area (Å²) in [6, 6.07) is 12.8. The van der Waals surface area contributed by atoms with E-state index in [1.807, 2.05) is 63.2 Å². The van der Waals surface area contributed by atoms with Crippen molar-refractivity contribution < 1.29 is 4.79 Å². The largest absolute Gasteiger partial charge is 0.350 e. The van der Waals surface area contributed by atoms with E-state index >= 15 is 0 Å². The van der Waals surface area contributed by atoms with Crippen molar-refractivity contribution in [3.63, 3.8) is 0 Å². The number of aryl methyl sites for hydroxylation is 3. The van der Waals surface area contributed by atoms with Crippen LogP contribution in [0.1, 0.15) is 34.1 Å². The molecule has 1 unspecified atom stereocenters. The third kappa shape index (κ3) is 3.97. The number of hydrogen-bond acceptors (Lipinski definition) is 4. The minimum absolute atomic E-state index is 0.212. The Morgan fingerprint density at radius 1 is 1.15 bits per heavy atom. The van der Waals surface area contributed by atoms with E-state index in [1.165, 1.54) is 0 Å². The smallest absolute Gasteiger partial charge is 0.241 e. The molecule has 26 heavy (non-hydrogen) atoms. The van der Waals surface area contributed by atoms with Crippen LogP contribution in [0, 0.1) is 20.8 Å². The van der Waals surface area contributed by atoms with Gasteiger partial charge in [-0.1, -0.05) is 35.9 Å². The standard InChI is InChI=1S/C20H23N5O/c1-13-4-7-17(8-5-13)19(21)20(26)23-12-16-6-9-18(22-11-16)25-15(3)10-14(2)24-25/h4-11,19H,12,21H2,1-3H3,(H,23,26). The highest BCUT2D eigenvalue weighted by Gasteiger charge is 2.15. The van der Waals surface area contributed by atoms with Gasteiger partial charge in [0.2, 0.25) is 5.91 Å². The van der Waals surface area contributed by atoms with Crippen molar-refractivity contribution in [3.05, 3.63) is 76.7 Å². The monoisotopic (exact) mass is 349 g/mol. The lowest BCUT2D eigenvalue weighted by Crippen LogP contribution is -2.33. The Hall–Kier alpha value is -2.99. The summed E-state index contributed by atoms with van der Waals surface area (Å²) in [6.07, 6.45) is 1.74. The number of pyridine rings is 1. The first kappa shape index (κ1) is 17.8. The van der Waals surface area contributed by atoms with Crippen molar-refractivity contribution in [2.45, 2.75) is 33.4 Å². The summed E-state index contributed by atoms with van der Waals surface area (Å²) in [4.78, 5) is 16.7. The van der Waals surface area contributed by atoms with Crippen LogP contribution in [0.4, 0.5) is 0 Å². The molecule has 0 aliphatic carbocycles. The molecule has 0 aliphatic rings. The summed E-state index contributed by atoms with van der Waals surface area (Å²) in [5.41, 5.74) is 10.8. The molecule has 0 aliphatic heterocycles. The molecular weight excluding hydrogens is 326 g/mol. The van der Waals surface area contributed by atoms with Crippen LogP contribution in [0.2, 0.25) is 0 Å². The van der Waals surface area contributed by atoms with Gasteiger partial charge in [-0.3, -0.25) is 4.79 Å². The first-order valence-corrected chi connectivity index (χ1v) is 8.52. The van der Waals surface area contributed by atoms with Gasteiger partial charge in [-0.05, 0) is 44.0 Å². The number of rotatable bonds is 5. The molecule has 6 heteroatoms. The molecular formula is C20H23N5O. The number of nitrogens with two attached hydrogens (primary N) is 1. The number of nitrogens with zero attached hydrogens (tertiary/aromatic N) is 3. The molecule has 134 valence electrons. The Morgan fingerprint density at radius 2 is 1.88 bits per heavy atom. The van der Waals surface area contributed by atoms with Crippen molar-refractivity contribution in [2.75, 3.05) is 0 Å². The Balaban J connectivity index is 1.61. The number of nitrogens with one attached hydrogen (secondary N) is 1. The lowest BCUT2D eigenvalue weighted by molar-refractivity contribution is -0.122. The molecule has 3 rings (SSSR count). The molecule has 0 fully saturated rings. The van der Waals surface area contributed by atoms with Crippen molar-refractivity contribution >= 4 is 5.91 Å². The predicted molar refractivity (Wildman–Crippen MR) is 101 cm³/mol. The maximum absolute atomic E-state index is 12.3. The highest BCUT2D eigenvalue weighted by Crippen LogP contribution is 2.13. The molecule has 6 nitrogen and oxygen atoms in total. The van der Waals surface area contributed by atoms with Crippen LogP contribution in [0.25, 0.3) is 5.82 Å². The Kier molecular flexibility index (Phi) is 5.14. The first-order valence-electron chi connectivity index (χ1n) is 8.52. The van der Waals surface area contributed by atoms with Crippen LogP contribution in [-0.4, -0.2) is 20.7 Å². The van der Waals surface area contributed by atoms with Crippen LogP contribution in [0.5, 0.6) is 0 Å². The zero-order valence-electron chi connectivity index (χ0n) is 15.2. The Bertz CT molecular complexity index is 897. The second-order valence-corrected chi connectivity index (χ2v) is 6.47. The van der Waals surface area contributed by atoms with Crippen LogP contribution in [0.3, 0.4) is 0 Å².